The Morgan fingerprint density at radius 1 is 1.17 bits per heavy atom. The topological polar surface area (TPSA) is 93.7 Å². The van der Waals surface area contributed by atoms with E-state index in [1.54, 1.807) is 20.3 Å². The zero-order chi connectivity index (χ0) is 21.0. The Morgan fingerprint density at radius 2 is 1.83 bits per heavy atom. The quantitative estimate of drug-likeness (QED) is 0.687. The normalized spacial score (nSPS) is 15.8. The number of fused-ring (bicyclic) bond motifs is 1. The molecule has 160 valence electrons. The number of rotatable bonds is 8. The molecule has 1 aromatic heterocycles. The molecule has 0 radical (unpaired) electrons. The van der Waals surface area contributed by atoms with Gasteiger partial charge in [0.15, 0.2) is 11.5 Å². The minimum Gasteiger partial charge on any atom is -0.493 e. The first kappa shape index (κ1) is 21.4. The fraction of sp³-hybridized carbons (Fsp3) is 0.556. The highest BCUT2D eigenvalue weighted by Crippen LogP contribution is 2.35. The number of nitrogens with one attached hydrogen (secondary N) is 1. The van der Waals surface area contributed by atoms with Gasteiger partial charge in [-0.2, -0.15) is 8.78 Å². The first-order chi connectivity index (χ1) is 13.9. The number of ether oxygens (including phenoxy) is 2. The van der Waals surface area contributed by atoms with E-state index in [2.05, 4.69) is 14.9 Å². The standard InChI is InChI=1S/C18H24F2N4O4S/c1-27-15-9-13-14(10-16(15)28-2)21-11-22-17(13)24-7-4-12(5-8-24)3-6-23-29(25,26)18(19)20/h9-12,18,23H,3-8H2,1-2H3. The molecule has 8 nitrogen and oxygen atoms in total. The average Bonchev–Trinajstić information content (AvgIpc) is 2.72. The van der Waals surface area contributed by atoms with Gasteiger partial charge in [0, 0.05) is 31.1 Å². The number of alkyl halides is 2. The lowest BCUT2D eigenvalue weighted by Gasteiger charge is -2.33. The van der Waals surface area contributed by atoms with Gasteiger partial charge in [0.1, 0.15) is 12.1 Å². The van der Waals surface area contributed by atoms with Crippen LogP contribution in [0.4, 0.5) is 14.6 Å². The molecule has 11 heteroatoms. The van der Waals surface area contributed by atoms with E-state index in [0.717, 1.165) is 42.7 Å². The Morgan fingerprint density at radius 3 is 2.45 bits per heavy atom. The second-order valence-corrected chi connectivity index (χ2v) is 8.58. The van der Waals surface area contributed by atoms with Gasteiger partial charge in [-0.25, -0.2) is 23.1 Å². The molecule has 0 bridgehead atoms. The molecule has 0 atom stereocenters. The van der Waals surface area contributed by atoms with Gasteiger partial charge >= 0.3 is 5.76 Å². The molecule has 29 heavy (non-hydrogen) atoms. The van der Waals surface area contributed by atoms with Gasteiger partial charge in [-0.05, 0) is 31.2 Å². The van der Waals surface area contributed by atoms with E-state index in [1.807, 2.05) is 10.8 Å². The van der Waals surface area contributed by atoms with Crippen LogP contribution in [-0.2, 0) is 10.0 Å². The number of aromatic nitrogens is 2. The lowest BCUT2D eigenvalue weighted by Crippen LogP contribution is -2.36. The Hall–Kier alpha value is -2.27. The number of halogens is 2. The maximum Gasteiger partial charge on any atom is 0.350 e. The van der Waals surface area contributed by atoms with Crippen molar-refractivity contribution in [2.45, 2.75) is 25.0 Å². The van der Waals surface area contributed by atoms with E-state index in [0.29, 0.717) is 17.9 Å². The molecule has 0 unspecified atom stereocenters. The van der Waals surface area contributed by atoms with Crippen molar-refractivity contribution in [3.05, 3.63) is 18.5 Å². The van der Waals surface area contributed by atoms with Gasteiger partial charge < -0.3 is 14.4 Å². The molecule has 1 aliphatic rings. The summed E-state index contributed by atoms with van der Waals surface area (Å²) in [4.78, 5) is 10.9. The molecule has 0 spiro atoms. The van der Waals surface area contributed by atoms with Gasteiger partial charge in [-0.15, -0.1) is 0 Å². The van der Waals surface area contributed by atoms with Crippen LogP contribution in [0.2, 0.25) is 0 Å². The minimum atomic E-state index is -4.52. The van der Waals surface area contributed by atoms with Crippen molar-refractivity contribution < 1.29 is 26.7 Å². The second-order valence-electron chi connectivity index (χ2n) is 6.84. The molecule has 0 saturated carbocycles. The van der Waals surface area contributed by atoms with Crippen LogP contribution in [0, 0.1) is 5.92 Å². The predicted molar refractivity (Wildman–Crippen MR) is 105 cm³/mol. The van der Waals surface area contributed by atoms with Crippen LogP contribution in [0.3, 0.4) is 0 Å². The van der Waals surface area contributed by atoms with Gasteiger partial charge in [-0.1, -0.05) is 0 Å². The van der Waals surface area contributed by atoms with Gasteiger partial charge in [0.25, 0.3) is 10.0 Å². The highest BCUT2D eigenvalue weighted by atomic mass is 32.2. The van der Waals surface area contributed by atoms with Crippen LogP contribution in [0.15, 0.2) is 18.5 Å². The Labute approximate surface area is 168 Å². The lowest BCUT2D eigenvalue weighted by molar-refractivity contribution is 0.232. The molecule has 2 heterocycles. The molecule has 0 aliphatic carbocycles. The van der Waals surface area contributed by atoms with E-state index in [4.69, 9.17) is 9.47 Å². The van der Waals surface area contributed by atoms with E-state index < -0.39 is 15.8 Å². The van der Waals surface area contributed by atoms with E-state index in [1.165, 1.54) is 6.33 Å². The summed E-state index contributed by atoms with van der Waals surface area (Å²) in [6, 6.07) is 3.66. The third-order valence-corrected chi connectivity index (χ3v) is 6.20. The van der Waals surface area contributed by atoms with Crippen molar-refractivity contribution in [3.8, 4) is 11.5 Å². The summed E-state index contributed by atoms with van der Waals surface area (Å²) in [5, 5.41) is 0.855. The van der Waals surface area contributed by atoms with Crippen molar-refractivity contribution in [1.82, 2.24) is 14.7 Å². The number of sulfonamides is 1. The zero-order valence-electron chi connectivity index (χ0n) is 16.3. The molecule has 1 fully saturated rings. The number of anilines is 1. The third kappa shape index (κ3) is 4.84. The Bertz CT molecular complexity index is 950. The van der Waals surface area contributed by atoms with Crippen LogP contribution >= 0.6 is 0 Å². The summed E-state index contributed by atoms with van der Waals surface area (Å²) in [6.45, 7) is 1.48. The van der Waals surface area contributed by atoms with Crippen molar-refractivity contribution >= 4 is 26.7 Å². The highest BCUT2D eigenvalue weighted by Gasteiger charge is 2.25. The molecule has 1 N–H and O–H groups in total. The fourth-order valence-electron chi connectivity index (χ4n) is 3.52. The fourth-order valence-corrected chi connectivity index (χ4v) is 4.05. The van der Waals surface area contributed by atoms with Crippen LogP contribution in [0.25, 0.3) is 10.9 Å². The molecule has 0 amide bonds. The smallest absolute Gasteiger partial charge is 0.350 e. The number of nitrogens with zero attached hydrogens (tertiary/aromatic N) is 3. The zero-order valence-corrected chi connectivity index (χ0v) is 17.1. The summed E-state index contributed by atoms with van der Waals surface area (Å²) in [7, 11) is -1.38. The van der Waals surface area contributed by atoms with Crippen LogP contribution in [0.1, 0.15) is 19.3 Å². The van der Waals surface area contributed by atoms with E-state index in [9.17, 15) is 17.2 Å². The summed E-state index contributed by atoms with van der Waals surface area (Å²) in [5.74, 6) is -1.15. The second kappa shape index (κ2) is 9.04. The number of methoxy groups -OCH3 is 2. The number of hydrogen-bond donors (Lipinski definition) is 1. The van der Waals surface area contributed by atoms with Crippen LogP contribution in [0.5, 0.6) is 11.5 Å². The Kier molecular flexibility index (Phi) is 6.68. The summed E-state index contributed by atoms with van der Waals surface area (Å²) in [5.41, 5.74) is 0.746. The molecule has 1 saturated heterocycles. The summed E-state index contributed by atoms with van der Waals surface area (Å²) >= 11 is 0. The summed E-state index contributed by atoms with van der Waals surface area (Å²) < 4.78 is 59.6. The highest BCUT2D eigenvalue weighted by molar-refractivity contribution is 7.89. The first-order valence-electron chi connectivity index (χ1n) is 9.24. The average molecular weight is 430 g/mol. The largest absolute Gasteiger partial charge is 0.493 e. The number of hydrogen-bond acceptors (Lipinski definition) is 7. The third-order valence-electron chi connectivity index (χ3n) is 5.12. The van der Waals surface area contributed by atoms with Crippen molar-refractivity contribution in [2.24, 2.45) is 5.92 Å². The molecule has 1 aromatic carbocycles. The number of piperidine rings is 1. The van der Waals surface area contributed by atoms with Gasteiger partial charge in [-0.3, -0.25) is 0 Å². The molecule has 2 aromatic rings. The van der Waals surface area contributed by atoms with Crippen molar-refractivity contribution in [1.29, 1.82) is 0 Å². The van der Waals surface area contributed by atoms with Crippen LogP contribution < -0.4 is 19.1 Å². The van der Waals surface area contributed by atoms with E-state index in [-0.39, 0.29) is 12.5 Å². The monoisotopic (exact) mass is 430 g/mol. The molecule has 3 rings (SSSR count). The molecular formula is C18H24F2N4O4S. The van der Waals surface area contributed by atoms with Crippen molar-refractivity contribution in [2.75, 3.05) is 38.8 Å². The molecule has 1 aliphatic heterocycles. The van der Waals surface area contributed by atoms with Crippen LogP contribution in [-0.4, -0.2) is 58.0 Å². The molecular weight excluding hydrogens is 406 g/mol. The SMILES string of the molecule is COc1cc2ncnc(N3CCC(CCNS(=O)(=O)C(F)F)CC3)c2cc1OC. The summed E-state index contributed by atoms with van der Waals surface area (Å²) in [6.07, 6.45) is 3.66. The number of benzene rings is 1. The lowest BCUT2D eigenvalue weighted by atomic mass is 9.93. The predicted octanol–water partition coefficient (Wildman–Crippen LogP) is 2.40. The maximum atomic E-state index is 12.4. The first-order valence-corrected chi connectivity index (χ1v) is 10.8. The van der Waals surface area contributed by atoms with Crippen molar-refractivity contribution in [3.63, 3.8) is 0 Å². The maximum absolute atomic E-state index is 12.4. The Balaban J connectivity index is 1.66. The van der Waals surface area contributed by atoms with E-state index >= 15 is 0 Å². The van der Waals surface area contributed by atoms with Gasteiger partial charge in [0.2, 0.25) is 0 Å². The van der Waals surface area contributed by atoms with Gasteiger partial charge in [0.05, 0.1) is 19.7 Å². The minimum absolute atomic E-state index is 0.0186.